The molecule has 3 aromatic rings. The third-order valence-electron chi connectivity index (χ3n) is 5.40. The van der Waals surface area contributed by atoms with Crippen LogP contribution in [0.1, 0.15) is 44.8 Å². The summed E-state index contributed by atoms with van der Waals surface area (Å²) in [5, 5.41) is 5.10. The van der Waals surface area contributed by atoms with Crippen LogP contribution in [-0.2, 0) is 5.75 Å². The van der Waals surface area contributed by atoms with Crippen molar-refractivity contribution in [3.63, 3.8) is 0 Å². The Morgan fingerprint density at radius 1 is 1.16 bits per heavy atom. The number of piperidine rings is 1. The average molecular weight is 470 g/mol. The zero-order valence-electron chi connectivity index (χ0n) is 17.7. The molecule has 1 aliphatic heterocycles. The highest BCUT2D eigenvalue weighted by Gasteiger charge is 2.26. The minimum atomic E-state index is -0.503. The summed E-state index contributed by atoms with van der Waals surface area (Å²) in [6.45, 7) is 2.97. The number of nitrogens with zero attached hydrogens (tertiary/aromatic N) is 2. The summed E-state index contributed by atoms with van der Waals surface area (Å²) in [7, 11) is 0. The molecule has 1 N–H and O–H groups in total. The first kappa shape index (κ1) is 22.5. The fourth-order valence-electron chi connectivity index (χ4n) is 3.60. The van der Waals surface area contributed by atoms with Gasteiger partial charge in [-0.1, -0.05) is 36.0 Å². The normalized spacial score (nSPS) is 14.4. The molecule has 1 fully saturated rings. The summed E-state index contributed by atoms with van der Waals surface area (Å²) in [6.07, 6.45) is 1.29. The van der Waals surface area contributed by atoms with Crippen LogP contribution < -0.4 is 5.32 Å². The summed E-state index contributed by atoms with van der Waals surface area (Å²) in [5.74, 6) is -0.104. The molecule has 0 bridgehead atoms. The molecule has 1 aliphatic rings. The molecule has 166 valence electrons. The van der Waals surface area contributed by atoms with E-state index in [0.29, 0.717) is 31.5 Å². The third-order valence-corrected chi connectivity index (χ3v) is 7.61. The Hall–Kier alpha value is -2.71. The largest absolute Gasteiger partial charge is 0.349 e. The quantitative estimate of drug-likeness (QED) is 0.521. The average Bonchev–Trinajstić information content (AvgIpc) is 3.23. The molecule has 32 heavy (non-hydrogen) atoms. The predicted molar refractivity (Wildman–Crippen MR) is 126 cm³/mol. The summed E-state index contributed by atoms with van der Waals surface area (Å²) >= 11 is 3.33. The monoisotopic (exact) mass is 469 g/mol. The van der Waals surface area contributed by atoms with Crippen molar-refractivity contribution < 1.29 is 14.0 Å². The van der Waals surface area contributed by atoms with Crippen LogP contribution in [0.3, 0.4) is 0 Å². The Kier molecular flexibility index (Phi) is 7.22. The third kappa shape index (κ3) is 5.55. The number of hydrogen-bond donors (Lipinski definition) is 1. The number of halogens is 1. The van der Waals surface area contributed by atoms with Crippen LogP contribution in [0.15, 0.2) is 58.3 Å². The van der Waals surface area contributed by atoms with Crippen LogP contribution in [0.2, 0.25) is 0 Å². The van der Waals surface area contributed by atoms with Crippen molar-refractivity contribution >= 4 is 34.9 Å². The lowest BCUT2D eigenvalue weighted by Crippen LogP contribution is -2.46. The van der Waals surface area contributed by atoms with E-state index >= 15 is 0 Å². The van der Waals surface area contributed by atoms with Crippen LogP contribution in [0.4, 0.5) is 4.39 Å². The lowest BCUT2D eigenvalue weighted by Gasteiger charge is -2.32. The van der Waals surface area contributed by atoms with Gasteiger partial charge in [-0.05, 0) is 49.6 Å². The molecular weight excluding hydrogens is 445 g/mol. The van der Waals surface area contributed by atoms with Crippen molar-refractivity contribution in [1.82, 2.24) is 15.2 Å². The predicted octanol–water partition coefficient (Wildman–Crippen LogP) is 4.92. The molecular formula is C24H24FN3O2S2. The van der Waals surface area contributed by atoms with Crippen molar-refractivity contribution in [2.45, 2.75) is 35.9 Å². The van der Waals surface area contributed by atoms with E-state index < -0.39 is 5.82 Å². The molecule has 2 amide bonds. The second-order valence-electron chi connectivity index (χ2n) is 7.76. The van der Waals surface area contributed by atoms with Gasteiger partial charge in [-0.3, -0.25) is 9.59 Å². The first-order valence-corrected chi connectivity index (χ1v) is 12.3. The number of aryl methyl sites for hydroxylation is 1. The van der Waals surface area contributed by atoms with Crippen molar-refractivity contribution in [3.8, 4) is 0 Å². The maximum atomic E-state index is 13.9. The summed E-state index contributed by atoms with van der Waals surface area (Å²) < 4.78 is 14.9. The van der Waals surface area contributed by atoms with Gasteiger partial charge >= 0.3 is 0 Å². The molecule has 0 atom stereocenters. The number of thioether (sulfide) groups is 1. The van der Waals surface area contributed by atoms with Gasteiger partial charge in [0.05, 0.1) is 5.56 Å². The number of aromatic nitrogens is 1. The number of likely N-dealkylation sites (tertiary alicyclic amines) is 1. The molecule has 2 heterocycles. The van der Waals surface area contributed by atoms with Crippen LogP contribution in [0.25, 0.3) is 0 Å². The molecule has 1 aromatic heterocycles. The van der Waals surface area contributed by atoms with E-state index in [1.807, 2.05) is 36.6 Å². The van der Waals surface area contributed by atoms with E-state index in [4.69, 9.17) is 0 Å². The van der Waals surface area contributed by atoms with E-state index in [1.54, 1.807) is 40.1 Å². The first-order valence-electron chi connectivity index (χ1n) is 10.5. The van der Waals surface area contributed by atoms with Gasteiger partial charge in [0.15, 0.2) is 0 Å². The van der Waals surface area contributed by atoms with Gasteiger partial charge in [0, 0.05) is 41.5 Å². The fraction of sp³-hybridized carbons (Fsp3) is 0.292. The van der Waals surface area contributed by atoms with Gasteiger partial charge in [0.25, 0.3) is 11.8 Å². The molecule has 0 unspecified atom stereocenters. The Balaban J connectivity index is 1.25. The van der Waals surface area contributed by atoms with Gasteiger partial charge < -0.3 is 10.2 Å². The highest BCUT2D eigenvalue weighted by Crippen LogP contribution is 2.26. The number of amides is 2. The number of rotatable bonds is 6. The number of benzene rings is 2. The standard InChI is InChI=1S/C24H24FN3O2S2/c1-16-14-31-24(26-16)32-15-17-6-8-18(9-7-17)22(29)27-19-10-12-28(13-11-19)23(30)20-4-2-3-5-21(20)25/h2-9,14,19H,10-13,15H2,1H3,(H,27,29). The van der Waals surface area contributed by atoms with Crippen LogP contribution in [0, 0.1) is 12.7 Å². The van der Waals surface area contributed by atoms with Gasteiger partial charge in [0.2, 0.25) is 0 Å². The summed E-state index contributed by atoms with van der Waals surface area (Å²) in [6, 6.07) is 13.7. The maximum absolute atomic E-state index is 13.9. The van der Waals surface area contributed by atoms with E-state index in [9.17, 15) is 14.0 Å². The van der Waals surface area contributed by atoms with E-state index in [0.717, 1.165) is 21.3 Å². The molecule has 4 rings (SSSR count). The van der Waals surface area contributed by atoms with Crippen LogP contribution in [-0.4, -0.2) is 40.8 Å². The van der Waals surface area contributed by atoms with Crippen molar-refractivity contribution in [2.75, 3.05) is 13.1 Å². The van der Waals surface area contributed by atoms with Gasteiger partial charge in [-0.25, -0.2) is 9.37 Å². The minimum absolute atomic E-state index is 0.00413. The smallest absolute Gasteiger partial charge is 0.256 e. The zero-order chi connectivity index (χ0) is 22.5. The van der Waals surface area contributed by atoms with Crippen molar-refractivity contribution in [1.29, 1.82) is 0 Å². The molecule has 1 saturated heterocycles. The summed E-state index contributed by atoms with van der Waals surface area (Å²) in [5.41, 5.74) is 2.89. The summed E-state index contributed by atoms with van der Waals surface area (Å²) in [4.78, 5) is 31.3. The number of carbonyl (C=O) groups excluding carboxylic acids is 2. The lowest BCUT2D eigenvalue weighted by molar-refractivity contribution is 0.0693. The number of thiazole rings is 1. The van der Waals surface area contributed by atoms with Crippen molar-refractivity contribution in [3.05, 3.63) is 82.1 Å². The molecule has 0 saturated carbocycles. The maximum Gasteiger partial charge on any atom is 0.256 e. The molecule has 8 heteroatoms. The second-order valence-corrected chi connectivity index (χ2v) is 9.84. The van der Waals surface area contributed by atoms with Crippen LogP contribution in [0.5, 0.6) is 0 Å². The van der Waals surface area contributed by atoms with E-state index in [2.05, 4.69) is 10.3 Å². The Labute approximate surface area is 195 Å². The SMILES string of the molecule is Cc1csc(SCc2ccc(C(=O)NC3CCN(C(=O)c4ccccc4F)CC3)cc2)n1. The molecule has 0 spiro atoms. The number of carbonyl (C=O) groups is 2. The number of nitrogens with one attached hydrogen (secondary N) is 1. The van der Waals surface area contributed by atoms with Crippen molar-refractivity contribution in [2.24, 2.45) is 0 Å². The zero-order valence-corrected chi connectivity index (χ0v) is 19.3. The van der Waals surface area contributed by atoms with Crippen LogP contribution >= 0.6 is 23.1 Å². The highest BCUT2D eigenvalue weighted by molar-refractivity contribution is 8.00. The topological polar surface area (TPSA) is 62.3 Å². The highest BCUT2D eigenvalue weighted by atomic mass is 32.2. The molecule has 0 radical (unpaired) electrons. The van der Waals surface area contributed by atoms with Gasteiger partial charge in [-0.2, -0.15) is 0 Å². The minimum Gasteiger partial charge on any atom is -0.349 e. The number of hydrogen-bond acceptors (Lipinski definition) is 5. The molecule has 2 aromatic carbocycles. The Bertz CT molecular complexity index is 1090. The van der Waals surface area contributed by atoms with E-state index in [-0.39, 0.29) is 23.4 Å². The fourth-order valence-corrected chi connectivity index (χ4v) is 5.40. The van der Waals surface area contributed by atoms with E-state index in [1.165, 1.54) is 12.1 Å². The van der Waals surface area contributed by atoms with Gasteiger partial charge in [0.1, 0.15) is 10.2 Å². The van der Waals surface area contributed by atoms with Gasteiger partial charge in [-0.15, -0.1) is 11.3 Å². The molecule has 5 nitrogen and oxygen atoms in total. The first-order chi connectivity index (χ1) is 15.5. The Morgan fingerprint density at radius 3 is 2.53 bits per heavy atom. The second kappa shape index (κ2) is 10.3. The Morgan fingerprint density at radius 2 is 1.88 bits per heavy atom. The molecule has 0 aliphatic carbocycles. The lowest BCUT2D eigenvalue weighted by atomic mass is 10.0.